The summed E-state index contributed by atoms with van der Waals surface area (Å²) in [6.07, 6.45) is 3.06. The molecule has 0 saturated heterocycles. The van der Waals surface area contributed by atoms with Crippen molar-refractivity contribution >= 4 is 0 Å². The lowest BCUT2D eigenvalue weighted by atomic mass is 10.3. The van der Waals surface area contributed by atoms with E-state index in [1.165, 1.54) is 0 Å². The lowest BCUT2D eigenvalue weighted by Crippen LogP contribution is -2.20. The van der Waals surface area contributed by atoms with Crippen molar-refractivity contribution in [3.8, 4) is 0 Å². The molecule has 0 aliphatic heterocycles. The van der Waals surface area contributed by atoms with Gasteiger partial charge in [-0.05, 0) is 13.0 Å². The number of hydrogen-bond donors (Lipinski definition) is 2. The average molecular weight is 158 g/mol. The van der Waals surface area contributed by atoms with Gasteiger partial charge in [0.1, 0.15) is 0 Å². The highest BCUT2D eigenvalue weighted by Gasteiger charge is 1.84. The van der Waals surface area contributed by atoms with Gasteiger partial charge in [0.05, 0.1) is 0 Å². The first-order chi connectivity index (χ1) is 5.31. The van der Waals surface area contributed by atoms with Crippen molar-refractivity contribution in [2.45, 2.75) is 34.1 Å². The van der Waals surface area contributed by atoms with E-state index in [-0.39, 0.29) is 0 Å². The lowest BCUT2D eigenvalue weighted by molar-refractivity contribution is 0.768. The second-order valence-electron chi connectivity index (χ2n) is 1.97. The second kappa shape index (κ2) is 12.2. The summed E-state index contributed by atoms with van der Waals surface area (Å²) in [6, 6.07) is 0. The SMILES string of the molecule is CC.CC/C=C(\N)CNCC. The smallest absolute Gasteiger partial charge is 0.0348 e. The molecule has 0 aromatic carbocycles. The highest BCUT2D eigenvalue weighted by molar-refractivity contribution is 4.97. The van der Waals surface area contributed by atoms with E-state index < -0.39 is 0 Å². The molecule has 0 amide bonds. The molecule has 3 N–H and O–H groups in total. The predicted molar refractivity (Wildman–Crippen MR) is 52.5 cm³/mol. The van der Waals surface area contributed by atoms with Gasteiger partial charge in [-0.25, -0.2) is 0 Å². The summed E-state index contributed by atoms with van der Waals surface area (Å²) < 4.78 is 0. The van der Waals surface area contributed by atoms with E-state index in [0.717, 1.165) is 25.2 Å². The zero-order chi connectivity index (χ0) is 9.11. The van der Waals surface area contributed by atoms with Crippen LogP contribution in [0.15, 0.2) is 11.8 Å². The van der Waals surface area contributed by atoms with Crippen LogP contribution in [0.25, 0.3) is 0 Å². The molecule has 2 nitrogen and oxygen atoms in total. The van der Waals surface area contributed by atoms with Crippen LogP contribution in [0.4, 0.5) is 0 Å². The number of hydrogen-bond acceptors (Lipinski definition) is 2. The first kappa shape index (κ1) is 13.1. The first-order valence-corrected chi connectivity index (χ1v) is 4.46. The Labute approximate surface area is 70.9 Å². The van der Waals surface area contributed by atoms with E-state index in [0.29, 0.717) is 0 Å². The Morgan fingerprint density at radius 2 is 1.91 bits per heavy atom. The average Bonchev–Trinajstić information content (AvgIpc) is 2.05. The maximum absolute atomic E-state index is 5.57. The lowest BCUT2D eigenvalue weighted by Gasteiger charge is -1.99. The van der Waals surface area contributed by atoms with E-state index in [2.05, 4.69) is 19.2 Å². The van der Waals surface area contributed by atoms with Gasteiger partial charge >= 0.3 is 0 Å². The first-order valence-electron chi connectivity index (χ1n) is 4.46. The normalized spacial score (nSPS) is 10.4. The summed E-state index contributed by atoms with van der Waals surface area (Å²) in [7, 11) is 0. The van der Waals surface area contributed by atoms with Crippen molar-refractivity contribution < 1.29 is 0 Å². The molecule has 0 aromatic heterocycles. The summed E-state index contributed by atoms with van der Waals surface area (Å²) in [5.74, 6) is 0. The molecule has 0 aliphatic carbocycles. The van der Waals surface area contributed by atoms with E-state index in [1.54, 1.807) is 0 Å². The van der Waals surface area contributed by atoms with Crippen molar-refractivity contribution in [2.75, 3.05) is 13.1 Å². The fourth-order valence-corrected chi connectivity index (χ4v) is 0.604. The molecule has 0 rings (SSSR count). The monoisotopic (exact) mass is 158 g/mol. The molecule has 0 aromatic rings. The Morgan fingerprint density at radius 3 is 2.27 bits per heavy atom. The van der Waals surface area contributed by atoms with Crippen LogP contribution in [-0.4, -0.2) is 13.1 Å². The van der Waals surface area contributed by atoms with Gasteiger partial charge in [-0.2, -0.15) is 0 Å². The van der Waals surface area contributed by atoms with Gasteiger partial charge in [-0.3, -0.25) is 0 Å². The van der Waals surface area contributed by atoms with E-state index in [1.807, 2.05) is 19.9 Å². The van der Waals surface area contributed by atoms with Gasteiger partial charge in [0.25, 0.3) is 0 Å². The molecule has 0 fully saturated rings. The number of rotatable bonds is 4. The summed E-state index contributed by atoms with van der Waals surface area (Å²) in [5.41, 5.74) is 6.51. The minimum Gasteiger partial charge on any atom is -0.401 e. The van der Waals surface area contributed by atoms with Gasteiger partial charge in [0.15, 0.2) is 0 Å². The zero-order valence-corrected chi connectivity index (χ0v) is 8.28. The third-order valence-electron chi connectivity index (χ3n) is 1.05. The Balaban J connectivity index is 0. The second-order valence-corrected chi connectivity index (χ2v) is 1.97. The van der Waals surface area contributed by atoms with Crippen LogP contribution in [-0.2, 0) is 0 Å². The molecule has 68 valence electrons. The van der Waals surface area contributed by atoms with Crippen LogP contribution < -0.4 is 11.1 Å². The highest BCUT2D eigenvalue weighted by Crippen LogP contribution is 1.84. The Bertz CT molecular complexity index is 87.6. The molecular weight excluding hydrogens is 136 g/mol. The Morgan fingerprint density at radius 1 is 1.36 bits per heavy atom. The van der Waals surface area contributed by atoms with E-state index in [4.69, 9.17) is 5.73 Å². The molecule has 0 heterocycles. The van der Waals surface area contributed by atoms with Crippen LogP contribution in [0.2, 0.25) is 0 Å². The van der Waals surface area contributed by atoms with Crippen molar-refractivity contribution in [3.63, 3.8) is 0 Å². The fraction of sp³-hybridized carbons (Fsp3) is 0.778. The molecule has 11 heavy (non-hydrogen) atoms. The topological polar surface area (TPSA) is 38.0 Å². The maximum Gasteiger partial charge on any atom is 0.0348 e. The van der Waals surface area contributed by atoms with Gasteiger partial charge in [-0.15, -0.1) is 0 Å². The van der Waals surface area contributed by atoms with Crippen LogP contribution in [0.1, 0.15) is 34.1 Å². The number of nitrogens with one attached hydrogen (secondary N) is 1. The summed E-state index contributed by atoms with van der Waals surface area (Å²) >= 11 is 0. The predicted octanol–water partition coefficient (Wildman–Crippen LogP) is 1.87. The molecule has 0 saturated carbocycles. The van der Waals surface area contributed by atoms with Gasteiger partial charge in [0, 0.05) is 12.2 Å². The summed E-state index contributed by atoms with van der Waals surface area (Å²) in [5, 5.41) is 3.14. The van der Waals surface area contributed by atoms with Gasteiger partial charge < -0.3 is 11.1 Å². The largest absolute Gasteiger partial charge is 0.401 e. The minimum absolute atomic E-state index is 0.824. The molecule has 2 heteroatoms. The maximum atomic E-state index is 5.57. The molecule has 0 radical (unpaired) electrons. The van der Waals surface area contributed by atoms with Gasteiger partial charge in [-0.1, -0.05) is 33.8 Å². The van der Waals surface area contributed by atoms with Crippen molar-refractivity contribution in [1.29, 1.82) is 0 Å². The Kier molecular flexibility index (Phi) is 14.5. The van der Waals surface area contributed by atoms with Crippen LogP contribution in [0, 0.1) is 0 Å². The van der Waals surface area contributed by atoms with Crippen molar-refractivity contribution in [2.24, 2.45) is 5.73 Å². The molecule has 0 aliphatic rings. The van der Waals surface area contributed by atoms with Crippen LogP contribution in [0.5, 0.6) is 0 Å². The van der Waals surface area contributed by atoms with Crippen LogP contribution >= 0.6 is 0 Å². The van der Waals surface area contributed by atoms with E-state index >= 15 is 0 Å². The van der Waals surface area contributed by atoms with Crippen molar-refractivity contribution in [1.82, 2.24) is 5.32 Å². The number of likely N-dealkylation sites (N-methyl/N-ethyl adjacent to an activating group) is 1. The third-order valence-corrected chi connectivity index (χ3v) is 1.05. The number of allylic oxidation sites excluding steroid dienone is 1. The third kappa shape index (κ3) is 12.6. The molecule has 0 bridgehead atoms. The Hall–Kier alpha value is -0.500. The zero-order valence-electron chi connectivity index (χ0n) is 8.28. The fourth-order valence-electron chi connectivity index (χ4n) is 0.604. The minimum atomic E-state index is 0.824. The molecule has 0 spiro atoms. The molecular formula is C9H22N2. The highest BCUT2D eigenvalue weighted by atomic mass is 14.9. The van der Waals surface area contributed by atoms with E-state index in [9.17, 15) is 0 Å². The standard InChI is InChI=1S/C7H16N2.C2H6/c1-3-5-7(8)6-9-4-2;1-2/h5,9H,3-4,6,8H2,1-2H3;1-2H3/b7-5-;. The van der Waals surface area contributed by atoms with Crippen LogP contribution in [0.3, 0.4) is 0 Å². The quantitative estimate of drug-likeness (QED) is 0.655. The number of nitrogens with two attached hydrogens (primary N) is 1. The molecule has 0 unspecified atom stereocenters. The summed E-state index contributed by atoms with van der Waals surface area (Å²) in [6.45, 7) is 9.96. The molecule has 0 atom stereocenters. The van der Waals surface area contributed by atoms with Crippen molar-refractivity contribution in [3.05, 3.63) is 11.8 Å². The summed E-state index contributed by atoms with van der Waals surface area (Å²) in [4.78, 5) is 0. The van der Waals surface area contributed by atoms with Gasteiger partial charge in [0.2, 0.25) is 0 Å².